The predicted molar refractivity (Wildman–Crippen MR) is 106 cm³/mol. The lowest BCUT2D eigenvalue weighted by Gasteiger charge is -2.21. The average molecular weight is 376 g/mol. The molecular weight excluding hydrogens is 354 g/mol. The van der Waals surface area contributed by atoms with Gasteiger partial charge in [0, 0.05) is 18.7 Å². The number of hydrogen-bond acceptors (Lipinski definition) is 3. The van der Waals surface area contributed by atoms with Crippen molar-refractivity contribution in [1.82, 2.24) is 4.90 Å². The average Bonchev–Trinajstić information content (AvgIpc) is 3.16. The van der Waals surface area contributed by atoms with Crippen molar-refractivity contribution >= 4 is 28.8 Å². The highest BCUT2D eigenvalue weighted by atomic mass is 35.5. The van der Waals surface area contributed by atoms with Crippen molar-refractivity contribution in [2.45, 2.75) is 26.4 Å². The molecule has 1 heterocycles. The maximum absolute atomic E-state index is 6.50. The van der Waals surface area contributed by atoms with E-state index < -0.39 is 0 Å². The summed E-state index contributed by atoms with van der Waals surface area (Å²) in [6, 6.07) is 13.8. The number of hydrogen-bond donors (Lipinski definition) is 0. The van der Waals surface area contributed by atoms with E-state index in [1.807, 2.05) is 49.4 Å². The van der Waals surface area contributed by atoms with Crippen LogP contribution < -0.4 is 9.47 Å². The van der Waals surface area contributed by atoms with Gasteiger partial charge in [0.1, 0.15) is 11.6 Å². The van der Waals surface area contributed by atoms with E-state index in [0.717, 1.165) is 29.2 Å². The highest BCUT2D eigenvalue weighted by Gasteiger charge is 2.20. The summed E-state index contributed by atoms with van der Waals surface area (Å²) in [5, 5.41) is 0.526. The van der Waals surface area contributed by atoms with Gasteiger partial charge in [0.2, 0.25) is 0 Å². The molecular formula is C20H22ClNO2S. The fourth-order valence-electron chi connectivity index (χ4n) is 2.93. The summed E-state index contributed by atoms with van der Waals surface area (Å²) in [5.41, 5.74) is 2.00. The molecule has 0 saturated carbocycles. The Morgan fingerprint density at radius 3 is 2.52 bits per heavy atom. The number of benzene rings is 2. The Balaban J connectivity index is 1.83. The van der Waals surface area contributed by atoms with Gasteiger partial charge in [-0.15, -0.1) is 0 Å². The number of nitrogens with zero attached hydrogens (tertiary/aromatic N) is 1. The molecule has 1 saturated heterocycles. The zero-order valence-electron chi connectivity index (χ0n) is 14.3. The first kappa shape index (κ1) is 18.0. The standard InChI is InChI=1S/C20H22ClNO2S/c1-2-23-18-13-16(20(25)22-10-6-7-11-22)12-17(21)19(18)24-14-15-8-4-3-5-9-15/h3-5,8-9,12-13H,2,6-7,10-11,14H2,1H3. The number of ether oxygens (including phenoxy) is 2. The van der Waals surface area contributed by atoms with E-state index in [2.05, 4.69) is 4.90 Å². The highest BCUT2D eigenvalue weighted by Crippen LogP contribution is 2.38. The molecule has 25 heavy (non-hydrogen) atoms. The molecule has 3 rings (SSSR count). The van der Waals surface area contributed by atoms with Crippen LogP contribution in [0.1, 0.15) is 30.9 Å². The second-order valence-corrected chi connectivity index (χ2v) is 6.79. The van der Waals surface area contributed by atoms with Crippen molar-refractivity contribution in [2.75, 3.05) is 19.7 Å². The van der Waals surface area contributed by atoms with Gasteiger partial charge in [-0.1, -0.05) is 54.2 Å². The smallest absolute Gasteiger partial charge is 0.180 e. The molecule has 2 aromatic rings. The van der Waals surface area contributed by atoms with Crippen LogP contribution in [0.5, 0.6) is 11.5 Å². The maximum Gasteiger partial charge on any atom is 0.180 e. The number of halogens is 1. The summed E-state index contributed by atoms with van der Waals surface area (Å²) >= 11 is 12.1. The SMILES string of the molecule is CCOc1cc(C(=S)N2CCCC2)cc(Cl)c1OCc1ccccc1. The van der Waals surface area contributed by atoms with Crippen LogP contribution in [0.25, 0.3) is 0 Å². The first-order chi connectivity index (χ1) is 12.2. The molecule has 0 aliphatic carbocycles. The Labute approximate surface area is 159 Å². The third-order valence-electron chi connectivity index (χ3n) is 4.18. The summed E-state index contributed by atoms with van der Waals surface area (Å²) < 4.78 is 11.7. The van der Waals surface area contributed by atoms with E-state index in [1.165, 1.54) is 12.8 Å². The number of rotatable bonds is 6. The highest BCUT2D eigenvalue weighted by molar-refractivity contribution is 7.80. The largest absolute Gasteiger partial charge is 0.490 e. The molecule has 0 amide bonds. The monoisotopic (exact) mass is 375 g/mol. The Kier molecular flexibility index (Phi) is 6.16. The molecule has 1 fully saturated rings. The Hall–Kier alpha value is -1.78. The number of likely N-dealkylation sites (tertiary alicyclic amines) is 1. The molecule has 0 spiro atoms. The molecule has 0 unspecified atom stereocenters. The van der Waals surface area contributed by atoms with Gasteiger partial charge < -0.3 is 14.4 Å². The minimum atomic E-state index is 0.441. The third-order valence-corrected chi connectivity index (χ3v) is 4.95. The van der Waals surface area contributed by atoms with Crippen LogP contribution in [-0.4, -0.2) is 29.6 Å². The van der Waals surface area contributed by atoms with Crippen LogP contribution in [0.2, 0.25) is 5.02 Å². The topological polar surface area (TPSA) is 21.7 Å². The van der Waals surface area contributed by atoms with E-state index in [1.54, 1.807) is 0 Å². The zero-order valence-corrected chi connectivity index (χ0v) is 15.9. The van der Waals surface area contributed by atoms with Gasteiger partial charge in [0.15, 0.2) is 11.5 Å². The summed E-state index contributed by atoms with van der Waals surface area (Å²) in [7, 11) is 0. The van der Waals surface area contributed by atoms with Crippen LogP contribution in [0.15, 0.2) is 42.5 Å². The fourth-order valence-corrected chi connectivity index (χ4v) is 3.49. The molecule has 5 heteroatoms. The molecule has 132 valence electrons. The van der Waals surface area contributed by atoms with Crippen LogP contribution in [0.4, 0.5) is 0 Å². The van der Waals surface area contributed by atoms with Crippen LogP contribution in [0, 0.1) is 0 Å². The predicted octanol–water partition coefficient (Wildman–Crippen LogP) is 5.09. The van der Waals surface area contributed by atoms with Crippen molar-refractivity contribution < 1.29 is 9.47 Å². The van der Waals surface area contributed by atoms with E-state index in [-0.39, 0.29) is 0 Å². The molecule has 0 radical (unpaired) electrons. The summed E-state index contributed by atoms with van der Waals surface area (Å²) in [6.07, 6.45) is 2.37. The van der Waals surface area contributed by atoms with Crippen LogP contribution in [0.3, 0.4) is 0 Å². The van der Waals surface area contributed by atoms with Crippen LogP contribution >= 0.6 is 23.8 Å². The Morgan fingerprint density at radius 1 is 1.12 bits per heavy atom. The normalized spacial score (nSPS) is 13.8. The Morgan fingerprint density at radius 2 is 1.84 bits per heavy atom. The summed E-state index contributed by atoms with van der Waals surface area (Å²) in [6.45, 7) is 4.94. The molecule has 0 aromatic heterocycles. The first-order valence-corrected chi connectivity index (χ1v) is 9.40. The lowest BCUT2D eigenvalue weighted by molar-refractivity contribution is 0.269. The minimum absolute atomic E-state index is 0.441. The molecule has 0 N–H and O–H groups in total. The quantitative estimate of drug-likeness (QED) is 0.655. The van der Waals surface area contributed by atoms with Crippen molar-refractivity contribution in [3.63, 3.8) is 0 Å². The van der Waals surface area contributed by atoms with Gasteiger partial charge in [-0.3, -0.25) is 0 Å². The van der Waals surface area contributed by atoms with Crippen molar-refractivity contribution in [3.8, 4) is 11.5 Å². The van der Waals surface area contributed by atoms with Gasteiger partial charge in [-0.25, -0.2) is 0 Å². The van der Waals surface area contributed by atoms with Gasteiger partial charge in [0.05, 0.1) is 11.6 Å². The van der Waals surface area contributed by atoms with Crippen molar-refractivity contribution in [2.24, 2.45) is 0 Å². The van der Waals surface area contributed by atoms with E-state index in [9.17, 15) is 0 Å². The lowest BCUT2D eigenvalue weighted by atomic mass is 10.1. The second-order valence-electron chi connectivity index (χ2n) is 5.99. The molecule has 0 atom stereocenters. The minimum Gasteiger partial charge on any atom is -0.490 e. The molecule has 1 aliphatic heterocycles. The van der Waals surface area contributed by atoms with Gasteiger partial charge in [0.25, 0.3) is 0 Å². The summed E-state index contributed by atoms with van der Waals surface area (Å²) in [5.74, 6) is 1.21. The zero-order chi connectivity index (χ0) is 17.6. The number of thiocarbonyl (C=S) groups is 1. The third kappa shape index (κ3) is 4.44. The Bertz CT molecular complexity index is 730. The van der Waals surface area contributed by atoms with Gasteiger partial charge in [-0.2, -0.15) is 0 Å². The fraction of sp³-hybridized carbons (Fsp3) is 0.350. The molecule has 0 bridgehead atoms. The van der Waals surface area contributed by atoms with Crippen LogP contribution in [-0.2, 0) is 6.61 Å². The van der Waals surface area contributed by atoms with E-state index in [4.69, 9.17) is 33.3 Å². The van der Waals surface area contributed by atoms with Gasteiger partial charge in [-0.05, 0) is 37.5 Å². The van der Waals surface area contributed by atoms with Crippen molar-refractivity contribution in [3.05, 3.63) is 58.6 Å². The maximum atomic E-state index is 6.50. The van der Waals surface area contributed by atoms with Gasteiger partial charge >= 0.3 is 0 Å². The lowest BCUT2D eigenvalue weighted by Crippen LogP contribution is -2.26. The molecule has 1 aliphatic rings. The van der Waals surface area contributed by atoms with Crippen molar-refractivity contribution in [1.29, 1.82) is 0 Å². The second kappa shape index (κ2) is 8.54. The molecule has 2 aromatic carbocycles. The summed E-state index contributed by atoms with van der Waals surface area (Å²) in [4.78, 5) is 3.05. The first-order valence-electron chi connectivity index (χ1n) is 8.61. The molecule has 3 nitrogen and oxygen atoms in total. The van der Waals surface area contributed by atoms with E-state index >= 15 is 0 Å². The van der Waals surface area contributed by atoms with E-state index in [0.29, 0.717) is 29.7 Å².